The smallest absolute Gasteiger partial charge is 0.408 e. The maximum atomic E-state index is 10.5. The molecule has 1 heterocycles. The molecule has 1 amide bonds. The average molecular weight is 211 g/mol. The molecule has 1 saturated heterocycles. The Balaban J connectivity index is 0.00000144. The number of nitrogens with two attached hydrogens (primary N) is 1. The van der Waals surface area contributed by atoms with E-state index in [9.17, 15) is 9.59 Å². The van der Waals surface area contributed by atoms with Gasteiger partial charge in [0.1, 0.15) is 6.04 Å². The Morgan fingerprint density at radius 2 is 1.92 bits per heavy atom. The minimum Gasteiger partial charge on any atom is -0.480 e. The van der Waals surface area contributed by atoms with Crippen molar-refractivity contribution in [2.24, 2.45) is 5.73 Å². The van der Waals surface area contributed by atoms with Crippen LogP contribution < -0.4 is 5.73 Å². The van der Waals surface area contributed by atoms with E-state index in [4.69, 9.17) is 15.9 Å². The summed E-state index contributed by atoms with van der Waals surface area (Å²) in [5.41, 5.74) is 5.42. The molecule has 1 aliphatic rings. The number of carboxylic acids is 1. The highest BCUT2D eigenvalue weighted by molar-refractivity contribution is 5.85. The zero-order valence-electron chi connectivity index (χ0n) is 6.71. The molecule has 6 nitrogen and oxygen atoms in total. The van der Waals surface area contributed by atoms with Gasteiger partial charge in [-0.25, -0.2) is 9.59 Å². The molecule has 0 spiro atoms. The third kappa shape index (κ3) is 2.46. The van der Waals surface area contributed by atoms with Gasteiger partial charge in [0.2, 0.25) is 0 Å². The maximum absolute atomic E-state index is 10.5. The highest BCUT2D eigenvalue weighted by Gasteiger charge is 2.38. The maximum Gasteiger partial charge on any atom is 0.408 e. The summed E-state index contributed by atoms with van der Waals surface area (Å²) in [4.78, 5) is 21.8. The van der Waals surface area contributed by atoms with Gasteiger partial charge in [-0.2, -0.15) is 0 Å². The van der Waals surface area contributed by atoms with Crippen LogP contribution in [-0.4, -0.2) is 45.8 Å². The highest BCUT2D eigenvalue weighted by Crippen LogP contribution is 2.16. The van der Waals surface area contributed by atoms with E-state index in [0.29, 0.717) is 0 Å². The van der Waals surface area contributed by atoms with Crippen molar-refractivity contribution in [1.29, 1.82) is 0 Å². The number of hydrogen-bond donors (Lipinski definition) is 3. The van der Waals surface area contributed by atoms with Crippen molar-refractivity contribution in [3.05, 3.63) is 0 Å². The van der Waals surface area contributed by atoms with Gasteiger partial charge in [0.05, 0.1) is 0 Å². The van der Waals surface area contributed by atoms with Gasteiger partial charge in [-0.15, -0.1) is 12.4 Å². The minimum atomic E-state index is -1.23. The summed E-state index contributed by atoms with van der Waals surface area (Å²) in [7, 11) is 0. The molecule has 0 saturated carbocycles. The second-order valence-electron chi connectivity index (χ2n) is 2.78. The second kappa shape index (κ2) is 4.29. The summed E-state index contributed by atoms with van der Waals surface area (Å²) in [6.45, 7) is 0.103. The first-order chi connectivity index (χ1) is 5.52. The number of hydrogen-bond acceptors (Lipinski definition) is 3. The lowest BCUT2D eigenvalue weighted by Gasteiger charge is -2.16. The summed E-state index contributed by atoms with van der Waals surface area (Å²) in [6.07, 6.45) is -1.03. The topological polar surface area (TPSA) is 104 Å². The van der Waals surface area contributed by atoms with Crippen LogP contribution in [0.15, 0.2) is 0 Å². The number of carboxylic acid groups (broad SMARTS) is 2. The summed E-state index contributed by atoms with van der Waals surface area (Å²) in [5.74, 6) is -1.13. The van der Waals surface area contributed by atoms with Crippen molar-refractivity contribution in [2.75, 3.05) is 6.54 Å². The summed E-state index contributed by atoms with van der Waals surface area (Å²) < 4.78 is 0. The molecule has 76 valence electrons. The van der Waals surface area contributed by atoms with E-state index >= 15 is 0 Å². The van der Waals surface area contributed by atoms with Crippen molar-refractivity contribution >= 4 is 24.5 Å². The van der Waals surface area contributed by atoms with Crippen molar-refractivity contribution in [3.8, 4) is 0 Å². The molecule has 0 radical (unpaired) electrons. The van der Waals surface area contributed by atoms with Gasteiger partial charge in [-0.3, -0.25) is 4.90 Å². The van der Waals surface area contributed by atoms with Crippen LogP contribution >= 0.6 is 12.4 Å². The molecule has 0 bridgehead atoms. The van der Waals surface area contributed by atoms with Gasteiger partial charge in [0.15, 0.2) is 0 Å². The second-order valence-corrected chi connectivity index (χ2v) is 2.78. The SMILES string of the molecule is Cl.NC1CC(C(=O)O)N(C(=O)O)C1. The van der Waals surface area contributed by atoms with Crippen LogP contribution in [0.25, 0.3) is 0 Å². The van der Waals surface area contributed by atoms with Gasteiger partial charge in [-0.05, 0) is 6.42 Å². The van der Waals surface area contributed by atoms with E-state index in [1.54, 1.807) is 0 Å². The average Bonchev–Trinajstić information content (AvgIpc) is 2.31. The molecule has 4 N–H and O–H groups in total. The number of amides is 1. The lowest BCUT2D eigenvalue weighted by Crippen LogP contribution is -2.39. The Morgan fingerprint density at radius 1 is 1.38 bits per heavy atom. The van der Waals surface area contributed by atoms with E-state index in [1.807, 2.05) is 0 Å². The largest absolute Gasteiger partial charge is 0.480 e. The molecule has 0 aromatic rings. The van der Waals surface area contributed by atoms with E-state index in [1.165, 1.54) is 0 Å². The van der Waals surface area contributed by atoms with Crippen LogP contribution in [-0.2, 0) is 4.79 Å². The van der Waals surface area contributed by atoms with Crippen LogP contribution in [0.1, 0.15) is 6.42 Å². The third-order valence-electron chi connectivity index (χ3n) is 1.86. The number of carbonyl (C=O) groups is 2. The fourth-order valence-corrected chi connectivity index (χ4v) is 1.31. The van der Waals surface area contributed by atoms with Crippen LogP contribution in [0.2, 0.25) is 0 Å². The molecule has 2 atom stereocenters. The Bertz CT molecular complexity index is 201. The van der Waals surface area contributed by atoms with Crippen molar-refractivity contribution in [2.45, 2.75) is 18.5 Å². The number of likely N-dealkylation sites (tertiary alicyclic amines) is 1. The molecule has 1 fully saturated rings. The first-order valence-corrected chi connectivity index (χ1v) is 3.50. The molecule has 1 aliphatic heterocycles. The van der Waals surface area contributed by atoms with E-state index in [-0.39, 0.29) is 31.4 Å². The van der Waals surface area contributed by atoms with Crippen molar-refractivity contribution in [3.63, 3.8) is 0 Å². The molecule has 0 aromatic carbocycles. The molecular formula is C6H11ClN2O4. The Kier molecular flexibility index (Phi) is 3.96. The summed E-state index contributed by atoms with van der Waals surface area (Å²) in [5, 5.41) is 17.1. The molecule has 1 rings (SSSR count). The van der Waals surface area contributed by atoms with E-state index in [0.717, 1.165) is 4.90 Å². The minimum absolute atomic E-state index is 0. The lowest BCUT2D eigenvalue weighted by atomic mass is 10.2. The fraction of sp³-hybridized carbons (Fsp3) is 0.667. The monoisotopic (exact) mass is 210 g/mol. The van der Waals surface area contributed by atoms with Gasteiger partial charge < -0.3 is 15.9 Å². The third-order valence-corrected chi connectivity index (χ3v) is 1.86. The van der Waals surface area contributed by atoms with Crippen LogP contribution in [0.3, 0.4) is 0 Å². The Labute approximate surface area is 80.7 Å². The van der Waals surface area contributed by atoms with Gasteiger partial charge in [-0.1, -0.05) is 0 Å². The zero-order valence-corrected chi connectivity index (χ0v) is 7.53. The first-order valence-electron chi connectivity index (χ1n) is 3.50. The van der Waals surface area contributed by atoms with Crippen LogP contribution in [0, 0.1) is 0 Å². The quantitative estimate of drug-likeness (QED) is 0.545. The molecule has 2 unspecified atom stereocenters. The predicted octanol–water partition coefficient (Wildman–Crippen LogP) is -0.428. The molecule has 0 aromatic heterocycles. The normalized spacial score (nSPS) is 26.7. The summed E-state index contributed by atoms with van der Waals surface area (Å²) >= 11 is 0. The van der Waals surface area contributed by atoms with Gasteiger partial charge in [0.25, 0.3) is 0 Å². The van der Waals surface area contributed by atoms with Gasteiger partial charge >= 0.3 is 12.1 Å². The predicted molar refractivity (Wildman–Crippen MR) is 46.0 cm³/mol. The molecule has 7 heteroatoms. The number of rotatable bonds is 1. The molecule has 13 heavy (non-hydrogen) atoms. The Hall–Kier alpha value is -1.01. The molecule has 0 aliphatic carbocycles. The van der Waals surface area contributed by atoms with E-state index < -0.39 is 18.1 Å². The molecular weight excluding hydrogens is 200 g/mol. The van der Waals surface area contributed by atoms with Crippen LogP contribution in [0.4, 0.5) is 4.79 Å². The zero-order chi connectivity index (χ0) is 9.30. The number of nitrogens with zero attached hydrogens (tertiary/aromatic N) is 1. The van der Waals surface area contributed by atoms with Crippen molar-refractivity contribution in [1.82, 2.24) is 4.90 Å². The van der Waals surface area contributed by atoms with Crippen molar-refractivity contribution < 1.29 is 19.8 Å². The van der Waals surface area contributed by atoms with Crippen LogP contribution in [0.5, 0.6) is 0 Å². The van der Waals surface area contributed by atoms with Gasteiger partial charge in [0, 0.05) is 12.6 Å². The number of halogens is 1. The summed E-state index contributed by atoms with van der Waals surface area (Å²) in [6, 6.07) is -1.33. The highest BCUT2D eigenvalue weighted by atomic mass is 35.5. The van der Waals surface area contributed by atoms with E-state index in [2.05, 4.69) is 0 Å². The Morgan fingerprint density at radius 3 is 2.23 bits per heavy atom. The number of aliphatic carboxylic acids is 1. The standard InChI is InChI=1S/C6H10N2O4.ClH/c7-3-1-4(5(9)10)8(2-3)6(11)12;/h3-4H,1-2,7H2,(H,9,10)(H,11,12);1H. The lowest BCUT2D eigenvalue weighted by molar-refractivity contribution is -0.141. The first kappa shape index (κ1) is 12.0. The fourth-order valence-electron chi connectivity index (χ4n) is 1.31.